The predicted octanol–water partition coefficient (Wildman–Crippen LogP) is 2.22. The third-order valence-electron chi connectivity index (χ3n) is 4.06. The Morgan fingerprint density at radius 3 is 1.79 bits per heavy atom. The van der Waals surface area contributed by atoms with Crippen molar-refractivity contribution in [1.82, 2.24) is 0 Å². The lowest BCUT2D eigenvalue weighted by Crippen LogP contribution is -2.44. The number of esters is 3. The van der Waals surface area contributed by atoms with Gasteiger partial charge in [0.05, 0.1) is 0 Å². The van der Waals surface area contributed by atoms with Crippen LogP contribution in [0, 0.1) is 5.41 Å². The van der Waals surface area contributed by atoms with Crippen LogP contribution in [0.3, 0.4) is 0 Å². The second-order valence-electron chi connectivity index (χ2n) is 7.02. The van der Waals surface area contributed by atoms with E-state index in [-0.39, 0.29) is 17.6 Å². The summed E-state index contributed by atoms with van der Waals surface area (Å²) in [7, 11) is -4.41. The quantitative estimate of drug-likeness (QED) is 0.200. The maximum atomic E-state index is 12.8. The molecule has 0 aromatic heterocycles. The lowest BCUT2D eigenvalue weighted by molar-refractivity contribution is -0.170. The summed E-state index contributed by atoms with van der Waals surface area (Å²) >= 11 is 0. The fraction of sp³-hybridized carbons (Fsp3) is 0.632. The smallest absolute Gasteiger partial charge is 0.333 e. The molecule has 9 nitrogen and oxygen atoms in total. The molecule has 0 radical (unpaired) electrons. The monoisotopic (exact) mass is 434 g/mol. The van der Waals surface area contributed by atoms with Crippen LogP contribution in [-0.2, 0) is 38.7 Å². The summed E-state index contributed by atoms with van der Waals surface area (Å²) in [6.45, 7) is 11.3. The van der Waals surface area contributed by atoms with E-state index in [4.69, 9.17) is 18.8 Å². The molecule has 29 heavy (non-hydrogen) atoms. The van der Waals surface area contributed by atoms with Gasteiger partial charge in [0.15, 0.2) is 0 Å². The van der Waals surface area contributed by atoms with Crippen LogP contribution in [0.25, 0.3) is 0 Å². The lowest BCUT2D eigenvalue weighted by Gasteiger charge is -2.31. The van der Waals surface area contributed by atoms with Crippen molar-refractivity contribution in [2.45, 2.75) is 52.2 Å². The van der Waals surface area contributed by atoms with Gasteiger partial charge in [-0.2, -0.15) is 8.42 Å². The molecule has 1 unspecified atom stereocenters. The molecule has 10 heteroatoms. The van der Waals surface area contributed by atoms with Crippen LogP contribution in [0.15, 0.2) is 24.3 Å². The SMILES string of the molecule is C=C(C)C(=O)OCC(CCCC)(COC(=O)C(=C)C)C(=O)OCC(C)S(=O)(=O)O. The van der Waals surface area contributed by atoms with E-state index in [0.717, 1.165) is 0 Å². The van der Waals surface area contributed by atoms with Crippen molar-refractivity contribution in [3.05, 3.63) is 24.3 Å². The van der Waals surface area contributed by atoms with Crippen LogP contribution in [0.5, 0.6) is 0 Å². The lowest BCUT2D eigenvalue weighted by atomic mass is 9.84. The second-order valence-corrected chi connectivity index (χ2v) is 8.86. The highest BCUT2D eigenvalue weighted by molar-refractivity contribution is 7.86. The molecule has 1 N–H and O–H groups in total. The summed E-state index contributed by atoms with van der Waals surface area (Å²) in [6, 6.07) is 0. The normalized spacial score (nSPS) is 12.6. The molecule has 166 valence electrons. The van der Waals surface area contributed by atoms with Crippen LogP contribution >= 0.6 is 0 Å². The number of carbonyl (C=O) groups is 3. The Bertz CT molecular complexity index is 707. The molecule has 0 aliphatic rings. The minimum atomic E-state index is -4.41. The van der Waals surface area contributed by atoms with Crippen molar-refractivity contribution in [3.63, 3.8) is 0 Å². The van der Waals surface area contributed by atoms with Gasteiger partial charge in [-0.15, -0.1) is 0 Å². The van der Waals surface area contributed by atoms with E-state index in [1.165, 1.54) is 20.8 Å². The van der Waals surface area contributed by atoms with E-state index in [2.05, 4.69) is 13.2 Å². The molecule has 0 aliphatic heterocycles. The molecular weight excluding hydrogens is 404 g/mol. The van der Waals surface area contributed by atoms with Gasteiger partial charge in [-0.1, -0.05) is 32.9 Å². The Morgan fingerprint density at radius 1 is 1.00 bits per heavy atom. The van der Waals surface area contributed by atoms with Crippen molar-refractivity contribution in [2.24, 2.45) is 5.41 Å². The Morgan fingerprint density at radius 2 is 1.45 bits per heavy atom. The topological polar surface area (TPSA) is 133 Å². The van der Waals surface area contributed by atoms with Gasteiger partial charge in [-0.3, -0.25) is 9.35 Å². The van der Waals surface area contributed by atoms with Crippen LogP contribution in [0.1, 0.15) is 47.0 Å². The van der Waals surface area contributed by atoms with Crippen molar-refractivity contribution in [1.29, 1.82) is 0 Å². The molecule has 0 saturated carbocycles. The summed E-state index contributed by atoms with van der Waals surface area (Å²) in [5, 5.41) is -1.36. The zero-order valence-corrected chi connectivity index (χ0v) is 18.2. The number of ether oxygens (including phenoxy) is 3. The Kier molecular flexibility index (Phi) is 10.8. The maximum Gasteiger partial charge on any atom is 0.333 e. The van der Waals surface area contributed by atoms with Crippen LogP contribution in [0.4, 0.5) is 0 Å². The molecule has 0 amide bonds. The highest BCUT2D eigenvalue weighted by Gasteiger charge is 2.43. The summed E-state index contributed by atoms with van der Waals surface area (Å²) in [6.07, 6.45) is 1.34. The third-order valence-corrected chi connectivity index (χ3v) is 5.21. The van der Waals surface area contributed by atoms with Gasteiger partial charge in [0.25, 0.3) is 10.1 Å². The van der Waals surface area contributed by atoms with Gasteiger partial charge in [-0.25, -0.2) is 9.59 Å². The summed E-state index contributed by atoms with van der Waals surface area (Å²) in [5.41, 5.74) is -1.33. The highest BCUT2D eigenvalue weighted by atomic mass is 32.2. The molecule has 0 aromatic rings. The van der Waals surface area contributed by atoms with E-state index >= 15 is 0 Å². The molecule has 0 spiro atoms. The Labute approximate surface area is 171 Å². The van der Waals surface area contributed by atoms with Gasteiger partial charge >= 0.3 is 17.9 Å². The number of carbonyl (C=O) groups excluding carboxylic acids is 3. The van der Waals surface area contributed by atoms with Crippen molar-refractivity contribution < 1.29 is 41.6 Å². The number of hydrogen-bond donors (Lipinski definition) is 1. The van der Waals surface area contributed by atoms with Gasteiger partial charge in [0, 0.05) is 11.1 Å². The number of rotatable bonds is 13. The fourth-order valence-corrected chi connectivity index (χ4v) is 2.25. The Balaban J connectivity index is 5.67. The van der Waals surface area contributed by atoms with E-state index in [0.29, 0.717) is 12.8 Å². The standard InChI is InChI=1S/C19H30O9S/c1-7-8-9-19(11-27-16(20)13(2)3,12-28-17(21)14(4)5)18(22)26-10-15(6)29(23,24)25/h15H,2,4,7-12H2,1,3,5-6H3,(H,23,24,25). The van der Waals surface area contributed by atoms with Crippen molar-refractivity contribution >= 4 is 28.0 Å². The first-order valence-corrected chi connectivity index (χ1v) is 10.6. The first-order valence-electron chi connectivity index (χ1n) is 9.05. The molecule has 0 aliphatic carbocycles. The van der Waals surface area contributed by atoms with E-state index in [1.54, 1.807) is 0 Å². The average Bonchev–Trinajstić information content (AvgIpc) is 2.63. The highest BCUT2D eigenvalue weighted by Crippen LogP contribution is 2.29. The molecular formula is C19H30O9S. The predicted molar refractivity (Wildman–Crippen MR) is 105 cm³/mol. The zero-order chi connectivity index (χ0) is 22.8. The number of unbranched alkanes of at least 4 members (excludes halogenated alkanes) is 1. The van der Waals surface area contributed by atoms with Crippen LogP contribution < -0.4 is 0 Å². The molecule has 0 fully saturated rings. The van der Waals surface area contributed by atoms with Crippen LogP contribution in [0.2, 0.25) is 0 Å². The molecule has 0 saturated heterocycles. The molecule has 0 aromatic carbocycles. The molecule has 1 atom stereocenters. The van der Waals surface area contributed by atoms with E-state index < -0.39 is 58.5 Å². The molecule has 0 rings (SSSR count). The van der Waals surface area contributed by atoms with Gasteiger partial charge < -0.3 is 14.2 Å². The minimum Gasteiger partial charge on any atom is -0.464 e. The van der Waals surface area contributed by atoms with Gasteiger partial charge in [-0.05, 0) is 27.2 Å². The average molecular weight is 435 g/mol. The summed E-state index contributed by atoms with van der Waals surface area (Å²) < 4.78 is 46.7. The summed E-state index contributed by atoms with van der Waals surface area (Å²) in [5.74, 6) is -2.39. The second kappa shape index (κ2) is 11.7. The first-order chi connectivity index (χ1) is 13.3. The van der Waals surface area contributed by atoms with Gasteiger partial charge in [0.2, 0.25) is 0 Å². The van der Waals surface area contributed by atoms with Crippen molar-refractivity contribution in [3.8, 4) is 0 Å². The molecule has 0 heterocycles. The first kappa shape index (κ1) is 26.8. The molecule has 0 bridgehead atoms. The third kappa shape index (κ3) is 9.23. The fourth-order valence-electron chi connectivity index (χ4n) is 2.01. The van der Waals surface area contributed by atoms with Crippen LogP contribution in [-0.4, -0.2) is 55.9 Å². The van der Waals surface area contributed by atoms with E-state index in [1.807, 2.05) is 6.92 Å². The minimum absolute atomic E-state index is 0.113. The van der Waals surface area contributed by atoms with Crippen molar-refractivity contribution in [2.75, 3.05) is 19.8 Å². The largest absolute Gasteiger partial charge is 0.464 e. The number of hydrogen-bond acceptors (Lipinski definition) is 8. The Hall–Kier alpha value is -2.20. The maximum absolute atomic E-state index is 12.8. The summed E-state index contributed by atoms with van der Waals surface area (Å²) in [4.78, 5) is 36.5. The van der Waals surface area contributed by atoms with E-state index in [9.17, 15) is 22.8 Å². The zero-order valence-electron chi connectivity index (χ0n) is 17.4. The van der Waals surface area contributed by atoms with Gasteiger partial charge in [0.1, 0.15) is 30.5 Å².